The smallest absolute Gasteiger partial charge is 0.174 e. The summed E-state index contributed by atoms with van der Waals surface area (Å²) in [5.41, 5.74) is 6.21. The van der Waals surface area contributed by atoms with Crippen LogP contribution in [-0.2, 0) is 0 Å². The van der Waals surface area contributed by atoms with Crippen LogP contribution in [0.25, 0.3) is 0 Å². The minimum Gasteiger partial charge on any atom is -0.388 e. The summed E-state index contributed by atoms with van der Waals surface area (Å²) in [4.78, 5) is 3.99. The SMILES string of the molecule is C/C(=N\C(C#N)=C(/N)C#N)c1ccc(Cl)c(Cl)c1. The molecule has 0 saturated carbocycles. The predicted octanol–water partition coefficient (Wildman–Crippen LogP) is 3.02. The van der Waals surface area contributed by atoms with Gasteiger partial charge >= 0.3 is 0 Å². The van der Waals surface area contributed by atoms with Crippen LogP contribution in [0.4, 0.5) is 0 Å². The molecule has 1 aromatic carbocycles. The molecule has 0 amide bonds. The van der Waals surface area contributed by atoms with Gasteiger partial charge < -0.3 is 5.73 Å². The average Bonchev–Trinajstić information content (AvgIpc) is 2.37. The molecule has 0 bridgehead atoms. The van der Waals surface area contributed by atoms with E-state index in [9.17, 15) is 0 Å². The van der Waals surface area contributed by atoms with E-state index in [2.05, 4.69) is 4.99 Å². The van der Waals surface area contributed by atoms with Crippen molar-refractivity contribution in [2.75, 3.05) is 0 Å². The van der Waals surface area contributed by atoms with Crippen molar-refractivity contribution in [3.63, 3.8) is 0 Å². The van der Waals surface area contributed by atoms with Crippen molar-refractivity contribution in [3.05, 3.63) is 45.2 Å². The fourth-order valence-electron chi connectivity index (χ4n) is 1.15. The van der Waals surface area contributed by atoms with Crippen molar-refractivity contribution in [1.82, 2.24) is 0 Å². The van der Waals surface area contributed by atoms with Crippen molar-refractivity contribution in [2.45, 2.75) is 6.92 Å². The second-order valence-corrected chi connectivity index (χ2v) is 4.13. The molecule has 0 radical (unpaired) electrons. The summed E-state index contributed by atoms with van der Waals surface area (Å²) in [6.45, 7) is 1.68. The molecular weight excluding hydrogens is 271 g/mol. The van der Waals surface area contributed by atoms with Crippen LogP contribution in [0.2, 0.25) is 10.0 Å². The minimum absolute atomic E-state index is 0.124. The Morgan fingerprint density at radius 1 is 1.22 bits per heavy atom. The third kappa shape index (κ3) is 3.24. The van der Waals surface area contributed by atoms with Crippen LogP contribution in [0.15, 0.2) is 34.6 Å². The number of aliphatic imine (C=N–C) groups is 1. The summed E-state index contributed by atoms with van der Waals surface area (Å²) in [6.07, 6.45) is 0. The molecular formula is C12H8Cl2N4. The molecule has 18 heavy (non-hydrogen) atoms. The van der Waals surface area contributed by atoms with E-state index < -0.39 is 0 Å². The van der Waals surface area contributed by atoms with Gasteiger partial charge in [-0.2, -0.15) is 10.5 Å². The zero-order chi connectivity index (χ0) is 13.7. The fourth-order valence-corrected chi connectivity index (χ4v) is 1.45. The standard InChI is InChI=1S/C12H8Cl2N4/c1-7(18-12(6-16)11(17)5-15)8-2-3-9(13)10(14)4-8/h2-4H,17H2,1H3/b12-11-,18-7+. The first-order valence-corrected chi connectivity index (χ1v) is 5.56. The average molecular weight is 279 g/mol. The lowest BCUT2D eigenvalue weighted by Crippen LogP contribution is -2.01. The van der Waals surface area contributed by atoms with E-state index in [-0.39, 0.29) is 11.4 Å². The normalized spacial score (nSPS) is 12.4. The zero-order valence-corrected chi connectivity index (χ0v) is 10.9. The van der Waals surface area contributed by atoms with Crippen molar-refractivity contribution in [3.8, 4) is 12.1 Å². The molecule has 0 saturated heterocycles. The Labute approximate surface area is 115 Å². The molecule has 4 nitrogen and oxygen atoms in total. The van der Waals surface area contributed by atoms with Gasteiger partial charge in [0.15, 0.2) is 5.70 Å². The number of halogens is 2. The lowest BCUT2D eigenvalue weighted by molar-refractivity contribution is 1.26. The Morgan fingerprint density at radius 2 is 1.89 bits per heavy atom. The van der Waals surface area contributed by atoms with E-state index in [1.54, 1.807) is 37.3 Å². The molecule has 0 atom stereocenters. The van der Waals surface area contributed by atoms with Crippen LogP contribution >= 0.6 is 23.2 Å². The second kappa shape index (κ2) is 6.07. The summed E-state index contributed by atoms with van der Waals surface area (Å²) < 4.78 is 0. The maximum absolute atomic E-state index is 8.83. The summed E-state index contributed by atoms with van der Waals surface area (Å²) in [5, 5.41) is 18.3. The van der Waals surface area contributed by atoms with Gasteiger partial charge in [0, 0.05) is 5.71 Å². The Kier molecular flexibility index (Phi) is 4.74. The van der Waals surface area contributed by atoms with E-state index in [4.69, 9.17) is 39.5 Å². The molecule has 0 aliphatic rings. The molecule has 0 aliphatic heterocycles. The molecule has 1 rings (SSSR count). The van der Waals surface area contributed by atoms with Crippen molar-refractivity contribution in [1.29, 1.82) is 10.5 Å². The highest BCUT2D eigenvalue weighted by atomic mass is 35.5. The molecule has 6 heteroatoms. The lowest BCUT2D eigenvalue weighted by Gasteiger charge is -2.02. The highest BCUT2D eigenvalue weighted by Crippen LogP contribution is 2.23. The van der Waals surface area contributed by atoms with Gasteiger partial charge in [-0.3, -0.25) is 0 Å². The Balaban J connectivity index is 3.23. The maximum atomic E-state index is 8.83. The number of nitrogens with zero attached hydrogens (tertiary/aromatic N) is 3. The summed E-state index contributed by atoms with van der Waals surface area (Å²) in [6, 6.07) is 8.40. The van der Waals surface area contributed by atoms with Crippen LogP contribution in [0.1, 0.15) is 12.5 Å². The topological polar surface area (TPSA) is 86.0 Å². The number of nitriles is 2. The maximum Gasteiger partial charge on any atom is 0.174 e. The van der Waals surface area contributed by atoms with Gasteiger partial charge in [0.25, 0.3) is 0 Å². The van der Waals surface area contributed by atoms with Gasteiger partial charge in [0.05, 0.1) is 10.0 Å². The molecule has 0 spiro atoms. The molecule has 90 valence electrons. The quantitative estimate of drug-likeness (QED) is 0.666. The van der Waals surface area contributed by atoms with E-state index in [0.717, 1.165) is 0 Å². The molecule has 0 aliphatic carbocycles. The number of hydrogen-bond acceptors (Lipinski definition) is 4. The largest absolute Gasteiger partial charge is 0.388 e. The molecule has 2 N–H and O–H groups in total. The lowest BCUT2D eigenvalue weighted by atomic mass is 10.1. The van der Waals surface area contributed by atoms with Gasteiger partial charge in [-0.15, -0.1) is 0 Å². The van der Waals surface area contributed by atoms with E-state index in [1.165, 1.54) is 0 Å². The predicted molar refractivity (Wildman–Crippen MR) is 71.1 cm³/mol. The number of benzene rings is 1. The molecule has 0 heterocycles. The van der Waals surface area contributed by atoms with Gasteiger partial charge in [-0.25, -0.2) is 4.99 Å². The zero-order valence-electron chi connectivity index (χ0n) is 9.41. The molecule has 0 unspecified atom stereocenters. The third-order valence-electron chi connectivity index (χ3n) is 2.10. The second-order valence-electron chi connectivity index (χ2n) is 3.31. The summed E-state index contributed by atoms with van der Waals surface area (Å²) >= 11 is 11.7. The Hall–Kier alpha value is -2.01. The van der Waals surface area contributed by atoms with Crippen LogP contribution in [0.3, 0.4) is 0 Å². The summed E-state index contributed by atoms with van der Waals surface area (Å²) in [5.74, 6) is 0. The number of allylic oxidation sites excluding steroid dienone is 2. The first-order chi connectivity index (χ1) is 8.49. The van der Waals surface area contributed by atoms with Gasteiger partial charge in [-0.05, 0) is 24.6 Å². The first-order valence-electron chi connectivity index (χ1n) is 4.80. The minimum atomic E-state index is -0.225. The van der Waals surface area contributed by atoms with Gasteiger partial charge in [0.2, 0.25) is 0 Å². The highest BCUT2D eigenvalue weighted by molar-refractivity contribution is 6.42. The van der Waals surface area contributed by atoms with E-state index in [0.29, 0.717) is 21.3 Å². The molecule has 0 fully saturated rings. The fraction of sp³-hybridized carbons (Fsp3) is 0.0833. The number of rotatable bonds is 2. The number of nitrogens with two attached hydrogens (primary N) is 1. The monoisotopic (exact) mass is 278 g/mol. The Bertz CT molecular complexity index is 618. The van der Waals surface area contributed by atoms with Crippen LogP contribution in [0, 0.1) is 22.7 Å². The van der Waals surface area contributed by atoms with Crippen molar-refractivity contribution >= 4 is 28.9 Å². The van der Waals surface area contributed by atoms with E-state index in [1.807, 2.05) is 0 Å². The van der Waals surface area contributed by atoms with Gasteiger partial charge in [-0.1, -0.05) is 29.3 Å². The van der Waals surface area contributed by atoms with Crippen molar-refractivity contribution in [2.24, 2.45) is 10.7 Å². The van der Waals surface area contributed by atoms with E-state index >= 15 is 0 Å². The van der Waals surface area contributed by atoms with Crippen LogP contribution in [-0.4, -0.2) is 5.71 Å². The van der Waals surface area contributed by atoms with Crippen LogP contribution in [0.5, 0.6) is 0 Å². The third-order valence-corrected chi connectivity index (χ3v) is 2.84. The number of hydrogen-bond donors (Lipinski definition) is 1. The van der Waals surface area contributed by atoms with Gasteiger partial charge in [0.1, 0.15) is 17.8 Å². The van der Waals surface area contributed by atoms with Crippen molar-refractivity contribution < 1.29 is 0 Å². The Morgan fingerprint density at radius 3 is 2.39 bits per heavy atom. The highest BCUT2D eigenvalue weighted by Gasteiger charge is 2.05. The molecule has 1 aromatic rings. The first kappa shape index (κ1) is 14.1. The van der Waals surface area contributed by atoms with Crippen LogP contribution < -0.4 is 5.73 Å². The summed E-state index contributed by atoms with van der Waals surface area (Å²) in [7, 11) is 0. The molecule has 0 aromatic heterocycles.